The summed E-state index contributed by atoms with van der Waals surface area (Å²) in [6.07, 6.45) is 4.33. The summed E-state index contributed by atoms with van der Waals surface area (Å²) in [6.45, 7) is 10.4. The van der Waals surface area contributed by atoms with Crippen molar-refractivity contribution in [2.45, 2.75) is 46.5 Å². The molecule has 3 aromatic carbocycles. The summed E-state index contributed by atoms with van der Waals surface area (Å²) >= 11 is 0. The van der Waals surface area contributed by atoms with Crippen molar-refractivity contribution in [3.05, 3.63) is 153 Å². The Balaban J connectivity index is 1.41. The number of fused-ring (bicyclic) bond motifs is 8. The topological polar surface area (TPSA) is 124 Å². The van der Waals surface area contributed by atoms with Crippen LogP contribution in [0.1, 0.15) is 84.4 Å². The van der Waals surface area contributed by atoms with E-state index in [9.17, 15) is 14.4 Å². The summed E-state index contributed by atoms with van der Waals surface area (Å²) in [4.78, 5) is 61.6. The third-order valence-electron chi connectivity index (χ3n) is 10.6. The molecule has 3 aliphatic heterocycles. The minimum absolute atomic E-state index is 0.267. The highest BCUT2D eigenvalue weighted by molar-refractivity contribution is 6.34. The number of carbonyl (C=O) groups is 3. The number of hydrogen-bond acceptors (Lipinski definition) is 5. The molecule has 3 aliphatic rings. The van der Waals surface area contributed by atoms with Crippen LogP contribution in [0.15, 0.2) is 97.1 Å². The maximum Gasteiger partial charge on any atom is 0.269 e. The summed E-state index contributed by atoms with van der Waals surface area (Å²) in [5.41, 5.74) is 11.9. The number of nitrogens with zero attached hydrogens (tertiary/aromatic N) is 3. The monoisotopic (exact) mass is 722 g/mol. The number of anilines is 2. The van der Waals surface area contributed by atoms with Gasteiger partial charge in [0.1, 0.15) is 0 Å². The Labute approximate surface area is 317 Å². The fraction of sp³-hybridized carbons (Fsp3) is 0.152. The fourth-order valence-corrected chi connectivity index (χ4v) is 8.14. The normalized spacial score (nSPS) is 14.4. The number of benzene rings is 3. The molecule has 0 aliphatic carbocycles. The van der Waals surface area contributed by atoms with E-state index in [0.717, 1.165) is 33.5 Å². The zero-order valence-electron chi connectivity index (χ0n) is 31.2. The first-order chi connectivity index (χ1) is 26.4. The predicted molar refractivity (Wildman–Crippen MR) is 218 cm³/mol. The van der Waals surface area contributed by atoms with Crippen LogP contribution < -0.4 is 10.2 Å². The molecule has 6 heterocycles. The van der Waals surface area contributed by atoms with Crippen molar-refractivity contribution in [3.8, 4) is 11.1 Å². The van der Waals surface area contributed by atoms with Gasteiger partial charge in [0.15, 0.2) is 0 Å². The third kappa shape index (κ3) is 5.76. The number of imide groups is 1. The fourth-order valence-electron chi connectivity index (χ4n) is 8.14. The van der Waals surface area contributed by atoms with Gasteiger partial charge in [0.2, 0.25) is 0 Å². The molecule has 55 heavy (non-hydrogen) atoms. The molecule has 3 N–H and O–H groups in total. The Hall–Kier alpha value is -6.87. The van der Waals surface area contributed by atoms with Crippen molar-refractivity contribution in [2.75, 3.05) is 10.2 Å². The van der Waals surface area contributed by atoms with Crippen LogP contribution in [0, 0.1) is 20.8 Å². The number of hydrogen-bond donors (Lipinski definition) is 3. The van der Waals surface area contributed by atoms with Crippen LogP contribution in [-0.2, 0) is 11.8 Å². The minimum Gasteiger partial charge on any atom is -0.355 e. The van der Waals surface area contributed by atoms with E-state index in [4.69, 9.17) is 9.97 Å². The van der Waals surface area contributed by atoms with E-state index in [0.29, 0.717) is 73.6 Å². The highest BCUT2D eigenvalue weighted by Crippen LogP contribution is 2.40. The van der Waals surface area contributed by atoms with Gasteiger partial charge >= 0.3 is 0 Å². The van der Waals surface area contributed by atoms with Crippen molar-refractivity contribution in [3.63, 3.8) is 0 Å². The van der Waals surface area contributed by atoms with E-state index < -0.39 is 17.2 Å². The Kier molecular flexibility index (Phi) is 7.79. The zero-order chi connectivity index (χ0) is 38.2. The molecule has 0 atom stereocenters. The zero-order valence-corrected chi connectivity index (χ0v) is 31.2. The number of aromatic amines is 2. The summed E-state index contributed by atoms with van der Waals surface area (Å²) in [7, 11) is 0. The van der Waals surface area contributed by atoms with E-state index in [2.05, 4.69) is 62.0 Å². The van der Waals surface area contributed by atoms with Gasteiger partial charge in [-0.3, -0.25) is 19.4 Å². The number of H-pyrrole nitrogens is 2. The smallest absolute Gasteiger partial charge is 0.269 e. The lowest BCUT2D eigenvalue weighted by molar-refractivity contribution is 0.0892. The van der Waals surface area contributed by atoms with Gasteiger partial charge in [0, 0.05) is 39.8 Å². The SMILES string of the molecule is Cc1cc(C)c(-c2c3nc(cc4[nH]c(cc5nc(c6c7[nH]c2cc7C(=O)N(c2ccccc2)C6=O)CC5(C)C)cc4C(=O)Nc2ccccc2)C=C3)c(C)c1. The Morgan fingerprint density at radius 1 is 0.745 bits per heavy atom. The van der Waals surface area contributed by atoms with Crippen molar-refractivity contribution < 1.29 is 14.4 Å². The summed E-state index contributed by atoms with van der Waals surface area (Å²) in [6, 6.07) is 30.1. The summed E-state index contributed by atoms with van der Waals surface area (Å²) < 4.78 is 0. The van der Waals surface area contributed by atoms with Crippen LogP contribution in [0.5, 0.6) is 0 Å². The van der Waals surface area contributed by atoms with Crippen molar-refractivity contribution >= 4 is 63.3 Å². The summed E-state index contributed by atoms with van der Waals surface area (Å²) in [5, 5.41) is 3.03. The average Bonchev–Trinajstić information content (AvgIpc) is 3.94. The molecular weight excluding hydrogens is 685 g/mol. The number of amides is 3. The highest BCUT2D eigenvalue weighted by Gasteiger charge is 2.40. The van der Waals surface area contributed by atoms with Crippen molar-refractivity contribution in [1.29, 1.82) is 0 Å². The number of nitrogens with one attached hydrogen (secondary N) is 3. The van der Waals surface area contributed by atoms with E-state index in [1.54, 1.807) is 12.1 Å². The molecule has 9 nitrogen and oxygen atoms in total. The number of para-hydroxylation sites is 2. The first-order valence-corrected chi connectivity index (χ1v) is 18.3. The van der Waals surface area contributed by atoms with Gasteiger partial charge in [0.25, 0.3) is 17.7 Å². The second-order valence-corrected chi connectivity index (χ2v) is 15.2. The van der Waals surface area contributed by atoms with Gasteiger partial charge in [-0.05, 0) is 98.1 Å². The Bertz CT molecular complexity index is 2810. The first kappa shape index (κ1) is 33.9. The second kappa shape index (κ2) is 12.6. The molecule has 0 unspecified atom stereocenters. The lowest BCUT2D eigenvalue weighted by atomic mass is 9.85. The Morgan fingerprint density at radius 2 is 1.45 bits per heavy atom. The van der Waals surface area contributed by atoms with Crippen LogP contribution in [0.25, 0.3) is 45.3 Å². The molecule has 0 radical (unpaired) electrons. The first-order valence-electron chi connectivity index (χ1n) is 18.3. The van der Waals surface area contributed by atoms with Crippen LogP contribution >= 0.6 is 0 Å². The van der Waals surface area contributed by atoms with Crippen molar-refractivity contribution in [2.24, 2.45) is 0 Å². The standard InChI is InChI=1S/C46H38N6O3/c1-25-18-26(2)39(27(3)19-25)40-34-17-16-29(47-34)21-35-32(43(53)49-28-12-8-6-9-13-28)20-30(48-35)22-38-46(4,5)24-37(50-38)41-42-33(23-36(40)51-42)44(54)52(45(41)55)31-14-10-7-11-15-31/h6-23,48,51H,24H2,1-5H3,(H,49,53). The maximum absolute atomic E-state index is 14.7. The molecule has 0 fully saturated rings. The molecule has 9 rings (SSSR count). The molecule has 0 saturated heterocycles. The third-order valence-corrected chi connectivity index (χ3v) is 10.6. The number of aryl methyl sites for hydroxylation is 3. The van der Waals surface area contributed by atoms with Crippen molar-refractivity contribution in [1.82, 2.24) is 19.9 Å². The molecule has 9 heteroatoms. The molecule has 3 aromatic heterocycles. The van der Waals surface area contributed by atoms with Crippen LogP contribution in [0.4, 0.5) is 11.4 Å². The largest absolute Gasteiger partial charge is 0.355 e. The summed E-state index contributed by atoms with van der Waals surface area (Å²) in [5.74, 6) is -1.12. The molecule has 3 amide bonds. The molecular formula is C46H38N6O3. The minimum atomic E-state index is -0.484. The Morgan fingerprint density at radius 3 is 2.18 bits per heavy atom. The van der Waals surface area contributed by atoms with Gasteiger partial charge in [0.05, 0.1) is 50.5 Å². The number of aromatic nitrogens is 4. The molecule has 0 spiro atoms. The van der Waals surface area contributed by atoms with Gasteiger partial charge < -0.3 is 15.3 Å². The van der Waals surface area contributed by atoms with E-state index >= 15 is 0 Å². The lowest BCUT2D eigenvalue weighted by Gasteiger charge is -2.25. The van der Waals surface area contributed by atoms with Crippen LogP contribution in [-0.4, -0.2) is 37.7 Å². The second-order valence-electron chi connectivity index (χ2n) is 15.2. The molecule has 6 aromatic rings. The number of carbonyl (C=O) groups excluding carboxylic acids is 3. The van der Waals surface area contributed by atoms with Gasteiger partial charge in [-0.15, -0.1) is 0 Å². The molecule has 270 valence electrons. The maximum atomic E-state index is 14.7. The van der Waals surface area contributed by atoms with Gasteiger partial charge in [-0.2, -0.15) is 0 Å². The quantitative estimate of drug-likeness (QED) is 0.156. The van der Waals surface area contributed by atoms with E-state index in [1.165, 1.54) is 4.90 Å². The average molecular weight is 723 g/mol. The molecule has 0 saturated carbocycles. The van der Waals surface area contributed by atoms with Gasteiger partial charge in [-0.25, -0.2) is 9.88 Å². The van der Waals surface area contributed by atoms with E-state index in [-0.39, 0.29) is 5.91 Å². The lowest BCUT2D eigenvalue weighted by Crippen LogP contribution is -2.40. The van der Waals surface area contributed by atoms with Gasteiger partial charge in [-0.1, -0.05) is 67.9 Å². The molecule has 8 bridgehead atoms. The highest BCUT2D eigenvalue weighted by atomic mass is 16.2. The van der Waals surface area contributed by atoms with E-state index in [1.807, 2.05) is 84.9 Å². The predicted octanol–water partition coefficient (Wildman–Crippen LogP) is 9.65. The number of rotatable bonds is 4. The van der Waals surface area contributed by atoms with Crippen LogP contribution in [0.2, 0.25) is 0 Å². The van der Waals surface area contributed by atoms with Crippen LogP contribution in [0.3, 0.4) is 0 Å².